The summed E-state index contributed by atoms with van der Waals surface area (Å²) in [6.07, 6.45) is 2.94. The molecule has 2 aliphatic heterocycles. The first-order valence-corrected chi connectivity index (χ1v) is 39.5. The Kier molecular flexibility index (Phi) is 31.6. The predicted octanol–water partition coefficient (Wildman–Crippen LogP) is 24.9. The molecule has 4 aromatic heterocycles. The van der Waals surface area contributed by atoms with Gasteiger partial charge in [-0.25, -0.2) is 0 Å². The molecule has 0 fully saturated rings. The van der Waals surface area contributed by atoms with Crippen LogP contribution in [-0.2, 0) is 59.7 Å². The maximum atomic E-state index is 9.31. The molecule has 4 N–H and O–H groups in total. The van der Waals surface area contributed by atoms with E-state index in [0.717, 1.165) is 53.1 Å². The zero-order valence-electron chi connectivity index (χ0n) is 71.0. The zero-order chi connectivity index (χ0) is 79.9. The molecule has 0 aliphatic carbocycles. The summed E-state index contributed by atoms with van der Waals surface area (Å²) in [5, 5.41) is 40.8. The van der Waals surface area contributed by atoms with Crippen molar-refractivity contribution in [3.63, 3.8) is 0 Å². The molecule has 0 spiro atoms. The molecule has 2 atom stereocenters. The fraction of sp³-hybridized carbons (Fsp3) is 0.366. The van der Waals surface area contributed by atoms with E-state index in [4.69, 9.17) is 20.2 Å². The van der Waals surface area contributed by atoms with Crippen LogP contribution in [0.5, 0.6) is 0 Å². The Hall–Kier alpha value is -8.30. The van der Waals surface area contributed by atoms with Gasteiger partial charge >= 0.3 is 0 Å². The Morgan fingerprint density at radius 3 is 1.18 bits per heavy atom. The quantitative estimate of drug-likeness (QED) is 0.0583. The molecule has 2 aliphatic rings. The summed E-state index contributed by atoms with van der Waals surface area (Å²) in [6.45, 7) is 57.1. The van der Waals surface area contributed by atoms with Crippen LogP contribution in [-0.4, -0.2) is 42.6 Å². The average molecular weight is 1840 g/mol. The molecule has 0 bridgehead atoms. The zero-order valence-corrected chi connectivity index (χ0v) is 75.8. The number of hydrogen-bond acceptors (Lipinski definition) is 6. The van der Waals surface area contributed by atoms with E-state index in [1.807, 2.05) is 27.7 Å². The molecule has 0 amide bonds. The molecule has 12 aromatic rings. The number of rotatable bonds is 11. The maximum Gasteiger partial charge on any atom is 0.213 e. The van der Waals surface area contributed by atoms with Gasteiger partial charge in [0.1, 0.15) is 0 Å². The van der Waals surface area contributed by atoms with Crippen LogP contribution >= 0.6 is 0 Å². The Bertz CT molecular complexity index is 5190. The number of aliphatic hydroxyl groups excluding tert-OH is 4. The topological polar surface area (TPSA) is 114 Å². The second-order valence-electron chi connectivity index (χ2n) is 32.7. The molecule has 0 saturated heterocycles. The SMILES string of the molecule is CC(C)C(O)=CC(O)C(C)C.CC(O)=CC(C)O.Cc1[c-]c(-c2ccc3c(C(C)C)cccc3n2)cc(C)c1C.Cc1[c-]c(-c2ccc3c(C(C)C)cccc3n2)cc(C)c1C.Cc1cc2c(c(C)c1C)C[n+]1c-2ccc2c(C(C)C)cccc21.Cc1cc2c(c(C)c1C)C[n+]1c-2ccc2c(CC(C)C)cccc21.[Ir].[Ir]. The van der Waals surface area contributed by atoms with Crippen molar-refractivity contribution in [2.75, 3.05) is 0 Å². The summed E-state index contributed by atoms with van der Waals surface area (Å²) >= 11 is 0. The smallest absolute Gasteiger partial charge is 0.213 e. The van der Waals surface area contributed by atoms with Gasteiger partial charge in [0.25, 0.3) is 0 Å². The number of aliphatic hydroxyl groups is 4. The van der Waals surface area contributed by atoms with E-state index in [9.17, 15) is 10.2 Å². The van der Waals surface area contributed by atoms with Gasteiger partial charge in [0.2, 0.25) is 22.4 Å². The minimum Gasteiger partial charge on any atom is -0.513 e. The summed E-state index contributed by atoms with van der Waals surface area (Å²) in [7, 11) is 0. The van der Waals surface area contributed by atoms with E-state index >= 15 is 0 Å². The summed E-state index contributed by atoms with van der Waals surface area (Å²) in [5.74, 6) is 2.94. The van der Waals surface area contributed by atoms with Crippen molar-refractivity contribution in [3.8, 4) is 45.0 Å². The summed E-state index contributed by atoms with van der Waals surface area (Å²) in [4.78, 5) is 9.74. The van der Waals surface area contributed by atoms with Crippen molar-refractivity contribution < 1.29 is 69.8 Å². The van der Waals surface area contributed by atoms with E-state index in [1.54, 1.807) is 6.92 Å². The minimum atomic E-state index is -0.537. The predicted molar refractivity (Wildman–Crippen MR) is 462 cm³/mol. The molecular weight excluding hydrogens is 1720 g/mol. The molecule has 10 heteroatoms. The van der Waals surface area contributed by atoms with E-state index in [2.05, 4.69) is 305 Å². The molecule has 14 rings (SSSR count). The third-order valence-electron chi connectivity index (χ3n) is 22.4. The van der Waals surface area contributed by atoms with Gasteiger partial charge in [-0.2, -0.15) is 9.13 Å². The Balaban J connectivity index is 0.000000191. The normalized spacial score (nSPS) is 12.6. The molecule has 111 heavy (non-hydrogen) atoms. The van der Waals surface area contributed by atoms with Crippen molar-refractivity contribution in [3.05, 3.63) is 282 Å². The number of aryl methyl sites for hydroxylation is 6. The van der Waals surface area contributed by atoms with Crippen molar-refractivity contribution in [2.24, 2.45) is 17.8 Å². The standard InChI is InChI=1S/C23H26N.C22H24N.2C21H22N.C9H18O2.C5H10O2.2Ir/c1-14(2)11-18-7-6-8-22-19(18)9-10-23-20-12-15(3)16(4)17(5)21(20)13-24(22)23;1-13(2)17-7-6-8-21-18(17)9-10-22-19-11-14(3)15(4)16(5)20(19)12-23(21)22;2*1-13(2)18-7-6-8-21-19(18)9-10-20(22-21)17-11-14(3)16(5)15(4)12-17;1-6(2)8(10)5-9(11)7(3)4;1-4(6)3-5(2)7;;/h6-10,12,14H,11,13H2,1-5H3;6-11,13H,12H2,1-5H3;2*6-11,13H,1-5H3;5-8,10-11H,1-4H3;3-4,6-7H,1-2H3;;/q2*+1;2*-1;;;;. The van der Waals surface area contributed by atoms with Crippen molar-refractivity contribution in [2.45, 2.75) is 229 Å². The first-order valence-electron chi connectivity index (χ1n) is 39.5. The Morgan fingerprint density at radius 1 is 0.432 bits per heavy atom. The first kappa shape index (κ1) is 89.9. The van der Waals surface area contributed by atoms with Crippen molar-refractivity contribution in [1.29, 1.82) is 0 Å². The monoisotopic (exact) mass is 1840 g/mol. The van der Waals surface area contributed by atoms with Gasteiger partial charge in [-0.15, -0.1) is 68.8 Å². The van der Waals surface area contributed by atoms with E-state index in [1.165, 1.54) is 174 Å². The van der Waals surface area contributed by atoms with Crippen molar-refractivity contribution >= 4 is 43.6 Å². The Labute approximate surface area is 692 Å². The third kappa shape index (κ3) is 20.9. The second kappa shape index (κ2) is 39.0. The van der Waals surface area contributed by atoms with Gasteiger partial charge in [-0.05, 0) is 207 Å². The molecular formula is C101H122Ir2N4O4. The number of aromatic nitrogens is 4. The fourth-order valence-corrected chi connectivity index (χ4v) is 14.9. The largest absolute Gasteiger partial charge is 0.513 e. The molecule has 8 nitrogen and oxygen atoms in total. The molecule has 2 radical (unpaired) electrons. The maximum absolute atomic E-state index is 9.31. The van der Waals surface area contributed by atoms with Gasteiger partial charge in [-0.3, -0.25) is 9.97 Å². The Morgan fingerprint density at radius 2 is 0.811 bits per heavy atom. The van der Waals surface area contributed by atoms with Crippen LogP contribution in [0, 0.1) is 113 Å². The van der Waals surface area contributed by atoms with Crippen LogP contribution in [0.15, 0.2) is 169 Å². The van der Waals surface area contributed by atoms with Gasteiger partial charge in [0.15, 0.2) is 13.1 Å². The summed E-state index contributed by atoms with van der Waals surface area (Å²) in [6, 6.07) is 60.3. The van der Waals surface area contributed by atoms with Crippen molar-refractivity contribution in [1.82, 2.24) is 9.97 Å². The minimum absolute atomic E-state index is 0. The number of allylic oxidation sites excluding steroid dienone is 2. The molecule has 8 aromatic carbocycles. The van der Waals surface area contributed by atoms with Crippen LogP contribution < -0.4 is 9.13 Å². The average Bonchev–Trinajstić information content (AvgIpc) is 1.60. The number of pyridine rings is 4. The number of fused-ring (bicyclic) bond motifs is 12. The van der Waals surface area contributed by atoms with Crippen LogP contribution in [0.2, 0.25) is 0 Å². The van der Waals surface area contributed by atoms with Crippen LogP contribution in [0.25, 0.3) is 88.6 Å². The summed E-state index contributed by atoms with van der Waals surface area (Å²) in [5.41, 5.74) is 39.4. The van der Waals surface area contributed by atoms with Crippen LogP contribution in [0.1, 0.15) is 215 Å². The van der Waals surface area contributed by atoms with E-state index in [0.29, 0.717) is 23.7 Å². The fourth-order valence-electron chi connectivity index (χ4n) is 14.9. The summed E-state index contributed by atoms with van der Waals surface area (Å²) < 4.78 is 5.01. The number of benzene rings is 8. The number of hydrogen-bond donors (Lipinski definition) is 4. The van der Waals surface area contributed by atoms with Gasteiger partial charge in [0.05, 0.1) is 45.9 Å². The second-order valence-corrected chi connectivity index (χ2v) is 32.7. The van der Waals surface area contributed by atoms with Gasteiger partial charge in [0, 0.05) is 103 Å². The molecule has 2 unspecified atom stereocenters. The van der Waals surface area contributed by atoms with E-state index < -0.39 is 12.2 Å². The van der Waals surface area contributed by atoms with Gasteiger partial charge < -0.3 is 20.4 Å². The number of nitrogens with zero attached hydrogens (tertiary/aromatic N) is 4. The molecule has 6 heterocycles. The van der Waals surface area contributed by atoms with Crippen LogP contribution in [0.3, 0.4) is 0 Å². The van der Waals surface area contributed by atoms with Gasteiger partial charge in [-0.1, -0.05) is 197 Å². The van der Waals surface area contributed by atoms with Crippen LogP contribution in [0.4, 0.5) is 0 Å². The molecule has 0 saturated carbocycles. The first-order chi connectivity index (χ1) is 51.5. The third-order valence-corrected chi connectivity index (χ3v) is 22.4. The molecule has 588 valence electrons. The van der Waals surface area contributed by atoms with E-state index in [-0.39, 0.29) is 63.6 Å².